The zero-order chi connectivity index (χ0) is 15.6. The second-order valence-electron chi connectivity index (χ2n) is 5.96. The van der Waals surface area contributed by atoms with E-state index in [0.717, 1.165) is 17.7 Å². The Kier molecular flexibility index (Phi) is 4.85. The van der Waals surface area contributed by atoms with E-state index in [0.29, 0.717) is 30.5 Å². The first-order valence-corrected chi connectivity index (χ1v) is 8.71. The molecule has 0 amide bonds. The lowest BCUT2D eigenvalue weighted by atomic mass is 10.0. The van der Waals surface area contributed by atoms with Crippen molar-refractivity contribution >= 4 is 16.1 Å². The Balaban J connectivity index is 2.34. The van der Waals surface area contributed by atoms with Crippen molar-refractivity contribution in [1.29, 1.82) is 0 Å². The van der Waals surface area contributed by atoms with Crippen molar-refractivity contribution < 1.29 is 17.8 Å². The summed E-state index contributed by atoms with van der Waals surface area (Å²) in [5.74, 6) is 0.893. The Morgan fingerprint density at radius 3 is 2.52 bits per heavy atom. The number of aromatic nitrogens is 1. The highest BCUT2D eigenvalue weighted by atomic mass is 32.2. The second kappa shape index (κ2) is 6.29. The van der Waals surface area contributed by atoms with Crippen LogP contribution in [0.3, 0.4) is 0 Å². The molecule has 1 saturated heterocycles. The Hall–Kier alpha value is -1.18. The fourth-order valence-electron chi connectivity index (χ4n) is 2.40. The van der Waals surface area contributed by atoms with E-state index in [2.05, 4.69) is 12.1 Å². The van der Waals surface area contributed by atoms with E-state index in [1.54, 1.807) is 17.3 Å². The van der Waals surface area contributed by atoms with Crippen LogP contribution >= 0.6 is 0 Å². The van der Waals surface area contributed by atoms with Gasteiger partial charge in [-0.1, -0.05) is 12.1 Å². The maximum atomic E-state index is 12.8. The maximum absolute atomic E-state index is 12.8. The van der Waals surface area contributed by atoms with Gasteiger partial charge in [0.1, 0.15) is 5.69 Å². The van der Waals surface area contributed by atoms with Crippen LogP contribution in [0.4, 0.5) is 0 Å². The molecule has 0 aliphatic carbocycles. The molecule has 118 valence electrons. The van der Waals surface area contributed by atoms with Gasteiger partial charge in [0.2, 0.25) is 10.0 Å². The van der Waals surface area contributed by atoms with Crippen LogP contribution in [0.1, 0.15) is 31.2 Å². The molecule has 2 rings (SSSR count). The summed E-state index contributed by atoms with van der Waals surface area (Å²) < 4.78 is 32.4. The molecular weight excluding hydrogens is 290 g/mol. The molecule has 1 aliphatic heterocycles. The van der Waals surface area contributed by atoms with Crippen LogP contribution in [0.5, 0.6) is 0 Å². The SMILES string of the molecule is Cc1noc(C=C[NH+](C)C)c1S(=O)(=O)N1CCC(C)CC1. The lowest BCUT2D eigenvalue weighted by Gasteiger charge is -2.29. The smallest absolute Gasteiger partial charge is 0.248 e. The van der Waals surface area contributed by atoms with E-state index in [1.807, 2.05) is 20.3 Å². The van der Waals surface area contributed by atoms with Crippen molar-refractivity contribution in [3.63, 3.8) is 0 Å². The molecule has 1 aromatic rings. The molecule has 0 saturated carbocycles. The summed E-state index contributed by atoms with van der Waals surface area (Å²) in [5, 5.41) is 3.83. The minimum atomic E-state index is -3.53. The summed E-state index contributed by atoms with van der Waals surface area (Å²) in [6.07, 6.45) is 5.30. The van der Waals surface area contributed by atoms with Gasteiger partial charge in [0, 0.05) is 19.2 Å². The van der Waals surface area contributed by atoms with E-state index in [4.69, 9.17) is 4.52 Å². The van der Waals surface area contributed by atoms with Crippen molar-refractivity contribution in [2.24, 2.45) is 5.92 Å². The van der Waals surface area contributed by atoms with Gasteiger partial charge in [0.25, 0.3) is 0 Å². The molecule has 0 atom stereocenters. The third kappa shape index (κ3) is 3.53. The van der Waals surface area contributed by atoms with Crippen molar-refractivity contribution in [2.45, 2.75) is 31.6 Å². The van der Waals surface area contributed by atoms with Crippen molar-refractivity contribution in [2.75, 3.05) is 27.2 Å². The van der Waals surface area contributed by atoms with E-state index >= 15 is 0 Å². The number of nitrogens with zero attached hydrogens (tertiary/aromatic N) is 2. The zero-order valence-electron chi connectivity index (χ0n) is 13.1. The van der Waals surface area contributed by atoms with E-state index in [1.165, 1.54) is 0 Å². The first-order chi connectivity index (χ1) is 9.82. The van der Waals surface area contributed by atoms with Crippen LogP contribution in [-0.2, 0) is 10.0 Å². The zero-order valence-corrected chi connectivity index (χ0v) is 13.9. The van der Waals surface area contributed by atoms with Gasteiger partial charge in [0.15, 0.2) is 10.7 Å². The first-order valence-electron chi connectivity index (χ1n) is 7.27. The standard InChI is InChI=1S/C14H23N3O3S/c1-11-5-9-17(10-6-11)21(18,19)14-12(2)15-20-13(14)7-8-16(3)4/h7-8,11H,5-6,9-10H2,1-4H3/p+1. The van der Waals surface area contributed by atoms with Gasteiger partial charge in [-0.25, -0.2) is 8.42 Å². The summed E-state index contributed by atoms with van der Waals surface area (Å²) in [6, 6.07) is 0. The minimum Gasteiger partial charge on any atom is -0.355 e. The molecule has 2 heterocycles. The summed E-state index contributed by atoms with van der Waals surface area (Å²) in [5.41, 5.74) is 0.419. The number of hydrogen-bond acceptors (Lipinski definition) is 4. The molecule has 0 spiro atoms. The van der Waals surface area contributed by atoms with Gasteiger partial charge in [-0.05, 0) is 25.7 Å². The molecule has 0 radical (unpaired) electrons. The predicted octanol–water partition coefficient (Wildman–Crippen LogP) is 0.519. The van der Waals surface area contributed by atoms with Crippen LogP contribution in [0.15, 0.2) is 15.6 Å². The minimum absolute atomic E-state index is 0.203. The summed E-state index contributed by atoms with van der Waals surface area (Å²) in [7, 11) is 0.354. The first kappa shape index (κ1) is 16.2. The van der Waals surface area contributed by atoms with Crippen LogP contribution in [0.2, 0.25) is 0 Å². The summed E-state index contributed by atoms with van der Waals surface area (Å²) >= 11 is 0. The van der Waals surface area contributed by atoms with Gasteiger partial charge in [-0.3, -0.25) is 0 Å². The van der Waals surface area contributed by atoms with E-state index < -0.39 is 10.0 Å². The number of piperidine rings is 1. The van der Waals surface area contributed by atoms with Crippen LogP contribution in [-0.4, -0.2) is 45.1 Å². The molecule has 1 aliphatic rings. The normalized spacial score (nSPS) is 18.9. The van der Waals surface area contributed by atoms with Crippen LogP contribution in [0.25, 0.3) is 6.08 Å². The van der Waals surface area contributed by atoms with Gasteiger partial charge in [-0.2, -0.15) is 4.31 Å². The van der Waals surface area contributed by atoms with Gasteiger partial charge < -0.3 is 9.42 Å². The Labute approximate surface area is 126 Å². The molecule has 1 fully saturated rings. The highest BCUT2D eigenvalue weighted by Crippen LogP contribution is 2.28. The third-order valence-electron chi connectivity index (χ3n) is 3.74. The van der Waals surface area contributed by atoms with Gasteiger partial charge in [0.05, 0.1) is 20.3 Å². The number of nitrogens with one attached hydrogen (secondary N) is 1. The average molecular weight is 314 g/mol. The van der Waals surface area contributed by atoms with Gasteiger partial charge in [-0.15, -0.1) is 0 Å². The second-order valence-corrected chi connectivity index (χ2v) is 7.83. The Morgan fingerprint density at radius 2 is 1.95 bits per heavy atom. The van der Waals surface area contributed by atoms with E-state index in [-0.39, 0.29) is 4.90 Å². The number of hydrogen-bond donors (Lipinski definition) is 1. The van der Waals surface area contributed by atoms with Crippen molar-refractivity contribution in [3.8, 4) is 0 Å². The number of aryl methyl sites for hydroxylation is 1. The van der Waals surface area contributed by atoms with Crippen LogP contribution < -0.4 is 4.90 Å². The number of quaternary nitrogens is 1. The third-order valence-corrected chi connectivity index (χ3v) is 5.80. The quantitative estimate of drug-likeness (QED) is 0.880. The molecule has 0 unspecified atom stereocenters. The lowest BCUT2D eigenvalue weighted by Crippen LogP contribution is -3.00. The molecule has 21 heavy (non-hydrogen) atoms. The fraction of sp³-hybridized carbons (Fsp3) is 0.643. The fourth-order valence-corrected chi connectivity index (χ4v) is 4.12. The van der Waals surface area contributed by atoms with Crippen LogP contribution in [0, 0.1) is 12.8 Å². The van der Waals surface area contributed by atoms with Crippen molar-refractivity contribution in [3.05, 3.63) is 17.7 Å². The molecular formula is C14H24N3O3S+. The van der Waals surface area contributed by atoms with Crippen molar-refractivity contribution in [1.82, 2.24) is 9.46 Å². The molecule has 1 N–H and O–H groups in total. The summed E-state index contributed by atoms with van der Waals surface area (Å²) in [4.78, 5) is 1.27. The molecule has 0 aromatic carbocycles. The monoisotopic (exact) mass is 314 g/mol. The Bertz CT molecular complexity index is 611. The van der Waals surface area contributed by atoms with Gasteiger partial charge >= 0.3 is 0 Å². The number of sulfonamides is 1. The molecule has 1 aromatic heterocycles. The topological polar surface area (TPSA) is 67.9 Å². The highest BCUT2D eigenvalue weighted by Gasteiger charge is 2.33. The highest BCUT2D eigenvalue weighted by molar-refractivity contribution is 7.89. The molecule has 6 nitrogen and oxygen atoms in total. The lowest BCUT2D eigenvalue weighted by molar-refractivity contribution is -0.800. The molecule has 0 bridgehead atoms. The predicted molar refractivity (Wildman–Crippen MR) is 80.2 cm³/mol. The maximum Gasteiger partial charge on any atom is 0.248 e. The summed E-state index contributed by atoms with van der Waals surface area (Å²) in [6.45, 7) is 4.96. The average Bonchev–Trinajstić information content (AvgIpc) is 2.78. The number of rotatable bonds is 4. The molecule has 7 heteroatoms. The van der Waals surface area contributed by atoms with E-state index in [9.17, 15) is 8.42 Å². The Morgan fingerprint density at radius 1 is 1.33 bits per heavy atom. The largest absolute Gasteiger partial charge is 0.355 e.